The Hall–Kier alpha value is -1.01. The zero-order valence-corrected chi connectivity index (χ0v) is 12.4. The molecule has 0 saturated carbocycles. The van der Waals surface area contributed by atoms with E-state index in [4.69, 9.17) is 5.26 Å². The highest BCUT2D eigenvalue weighted by atomic mass is 79.9. The van der Waals surface area contributed by atoms with Crippen LogP contribution in [0.2, 0.25) is 0 Å². The Morgan fingerprint density at radius 1 is 1.18 bits per heavy atom. The number of hydrogen-bond acceptors (Lipinski definition) is 2. The molecule has 92 valence electrons. The van der Waals surface area contributed by atoms with Crippen molar-refractivity contribution < 1.29 is 0 Å². The highest BCUT2D eigenvalue weighted by Crippen LogP contribution is 2.25. The Kier molecular flexibility index (Phi) is 5.02. The number of nitriles is 1. The maximum absolute atomic E-state index is 9.09. The molecule has 0 aromatic heterocycles. The molecule has 0 atom stereocenters. The number of hydrogen-bond donors (Lipinski definition) is 1. The normalized spacial score (nSPS) is 11.0. The van der Waals surface area contributed by atoms with E-state index in [0.717, 1.165) is 10.2 Å². The zero-order valence-electron chi connectivity index (χ0n) is 10.8. The van der Waals surface area contributed by atoms with Crippen LogP contribution in [0.4, 0.5) is 5.69 Å². The molecule has 0 amide bonds. The molecular weight excluding hydrogens is 276 g/mol. The van der Waals surface area contributed by atoms with Gasteiger partial charge in [-0.15, -0.1) is 0 Å². The number of benzene rings is 1. The van der Waals surface area contributed by atoms with Crippen LogP contribution in [-0.4, -0.2) is 6.04 Å². The third-order valence-electron chi connectivity index (χ3n) is 2.86. The van der Waals surface area contributed by atoms with Gasteiger partial charge in [0.1, 0.15) is 6.07 Å². The molecule has 0 spiro atoms. The van der Waals surface area contributed by atoms with Crippen molar-refractivity contribution >= 4 is 21.6 Å². The molecule has 0 aliphatic rings. The van der Waals surface area contributed by atoms with Gasteiger partial charge in [0.25, 0.3) is 0 Å². The fourth-order valence-electron chi connectivity index (χ4n) is 2.02. The molecule has 3 heteroatoms. The third-order valence-corrected chi connectivity index (χ3v) is 3.35. The van der Waals surface area contributed by atoms with E-state index in [2.05, 4.69) is 55.0 Å². The Morgan fingerprint density at radius 2 is 1.76 bits per heavy atom. The summed E-state index contributed by atoms with van der Waals surface area (Å²) in [5, 5.41) is 12.6. The minimum absolute atomic E-state index is 0.372. The van der Waals surface area contributed by atoms with Crippen LogP contribution in [-0.2, 0) is 0 Å². The van der Waals surface area contributed by atoms with Crippen LogP contribution in [0.25, 0.3) is 0 Å². The number of nitrogens with one attached hydrogen (secondary N) is 1. The van der Waals surface area contributed by atoms with Gasteiger partial charge < -0.3 is 5.32 Å². The van der Waals surface area contributed by atoms with Gasteiger partial charge in [-0.1, -0.05) is 43.6 Å². The van der Waals surface area contributed by atoms with E-state index < -0.39 is 0 Å². The smallest absolute Gasteiger partial charge is 0.101 e. The lowest BCUT2D eigenvalue weighted by molar-refractivity contribution is 0.413. The molecule has 0 aliphatic heterocycles. The van der Waals surface area contributed by atoms with Gasteiger partial charge in [0.15, 0.2) is 0 Å². The summed E-state index contributed by atoms with van der Waals surface area (Å²) in [6.07, 6.45) is 0. The molecule has 17 heavy (non-hydrogen) atoms. The fourth-order valence-corrected chi connectivity index (χ4v) is 2.38. The van der Waals surface area contributed by atoms with Crippen LogP contribution in [0.15, 0.2) is 22.7 Å². The SMILES string of the molecule is CC(C)C(Nc1cc(Br)ccc1C#N)C(C)C. The Labute approximate surface area is 112 Å². The van der Waals surface area contributed by atoms with Crippen molar-refractivity contribution in [3.8, 4) is 6.07 Å². The van der Waals surface area contributed by atoms with E-state index in [-0.39, 0.29) is 0 Å². The van der Waals surface area contributed by atoms with Gasteiger partial charge in [0.2, 0.25) is 0 Å². The van der Waals surface area contributed by atoms with Gasteiger partial charge in [0.05, 0.1) is 11.3 Å². The van der Waals surface area contributed by atoms with Gasteiger partial charge in [-0.25, -0.2) is 0 Å². The minimum Gasteiger partial charge on any atom is -0.381 e. The van der Waals surface area contributed by atoms with Crippen molar-refractivity contribution in [2.24, 2.45) is 11.8 Å². The average molecular weight is 295 g/mol. The Bertz CT molecular complexity index is 411. The molecule has 0 fully saturated rings. The van der Waals surface area contributed by atoms with Gasteiger partial charge in [-0.2, -0.15) is 5.26 Å². The first-order valence-corrected chi connectivity index (χ1v) is 6.71. The first kappa shape index (κ1) is 14.1. The summed E-state index contributed by atoms with van der Waals surface area (Å²) in [6, 6.07) is 8.29. The van der Waals surface area contributed by atoms with E-state index in [9.17, 15) is 0 Å². The van der Waals surface area contributed by atoms with Crippen molar-refractivity contribution in [1.82, 2.24) is 0 Å². The van der Waals surface area contributed by atoms with Crippen LogP contribution in [0, 0.1) is 23.2 Å². The monoisotopic (exact) mass is 294 g/mol. The summed E-state index contributed by atoms with van der Waals surface area (Å²) in [7, 11) is 0. The van der Waals surface area contributed by atoms with Crippen LogP contribution >= 0.6 is 15.9 Å². The minimum atomic E-state index is 0.372. The molecule has 1 rings (SSSR count). The summed E-state index contributed by atoms with van der Waals surface area (Å²) < 4.78 is 0.991. The van der Waals surface area contributed by atoms with E-state index in [1.54, 1.807) is 0 Å². The van der Waals surface area contributed by atoms with Gasteiger partial charge in [-0.3, -0.25) is 0 Å². The lowest BCUT2D eigenvalue weighted by Gasteiger charge is -2.27. The number of nitrogens with zero attached hydrogens (tertiary/aromatic N) is 1. The summed E-state index contributed by atoms with van der Waals surface area (Å²) in [4.78, 5) is 0. The largest absolute Gasteiger partial charge is 0.381 e. The molecule has 0 unspecified atom stereocenters. The van der Waals surface area contributed by atoms with Gasteiger partial charge in [0, 0.05) is 10.5 Å². The van der Waals surface area contributed by atoms with E-state index in [1.165, 1.54) is 0 Å². The fraction of sp³-hybridized carbons (Fsp3) is 0.500. The van der Waals surface area contributed by atoms with E-state index in [1.807, 2.05) is 18.2 Å². The molecule has 0 heterocycles. The maximum Gasteiger partial charge on any atom is 0.101 e. The predicted octanol–water partition coefficient (Wildman–Crippen LogP) is 4.41. The zero-order chi connectivity index (χ0) is 13.0. The highest BCUT2D eigenvalue weighted by molar-refractivity contribution is 9.10. The van der Waals surface area contributed by atoms with E-state index in [0.29, 0.717) is 23.4 Å². The molecule has 0 bridgehead atoms. The van der Waals surface area contributed by atoms with Crippen LogP contribution in [0.3, 0.4) is 0 Å². The van der Waals surface area contributed by atoms with Crippen molar-refractivity contribution in [2.45, 2.75) is 33.7 Å². The topological polar surface area (TPSA) is 35.8 Å². The van der Waals surface area contributed by atoms with Crippen LogP contribution in [0.1, 0.15) is 33.3 Å². The second-order valence-corrected chi connectivity index (χ2v) is 5.88. The second-order valence-electron chi connectivity index (χ2n) is 4.96. The summed E-state index contributed by atoms with van der Waals surface area (Å²) in [5.41, 5.74) is 1.61. The first-order valence-electron chi connectivity index (χ1n) is 5.92. The van der Waals surface area contributed by atoms with Crippen LogP contribution < -0.4 is 5.32 Å². The van der Waals surface area contributed by atoms with Crippen molar-refractivity contribution in [3.63, 3.8) is 0 Å². The lowest BCUT2D eigenvalue weighted by atomic mass is 9.93. The van der Waals surface area contributed by atoms with Gasteiger partial charge in [-0.05, 0) is 30.0 Å². The maximum atomic E-state index is 9.09. The molecule has 0 radical (unpaired) electrons. The summed E-state index contributed by atoms with van der Waals surface area (Å²) in [6.45, 7) is 8.78. The molecule has 2 nitrogen and oxygen atoms in total. The molecule has 0 saturated heterocycles. The van der Waals surface area contributed by atoms with Gasteiger partial charge >= 0.3 is 0 Å². The average Bonchev–Trinajstić information content (AvgIpc) is 2.25. The first-order chi connectivity index (χ1) is 7.95. The van der Waals surface area contributed by atoms with Crippen molar-refractivity contribution in [3.05, 3.63) is 28.2 Å². The second kappa shape index (κ2) is 6.07. The number of halogens is 1. The predicted molar refractivity (Wildman–Crippen MR) is 75.9 cm³/mol. The molecule has 1 aromatic rings. The standard InChI is InChI=1S/C14H19BrN2/c1-9(2)14(10(3)4)17-13-7-12(15)6-5-11(13)8-16/h5-7,9-10,14,17H,1-4H3. The van der Waals surface area contributed by atoms with Crippen LogP contribution in [0.5, 0.6) is 0 Å². The summed E-state index contributed by atoms with van der Waals surface area (Å²) in [5.74, 6) is 1.06. The van der Waals surface area contributed by atoms with Crippen molar-refractivity contribution in [1.29, 1.82) is 5.26 Å². The molecule has 1 aromatic carbocycles. The number of anilines is 1. The van der Waals surface area contributed by atoms with Crippen molar-refractivity contribution in [2.75, 3.05) is 5.32 Å². The Balaban J connectivity index is 3.00. The molecule has 0 aliphatic carbocycles. The number of rotatable bonds is 4. The highest BCUT2D eigenvalue weighted by Gasteiger charge is 2.18. The van der Waals surface area contributed by atoms with E-state index >= 15 is 0 Å². The molecule has 1 N–H and O–H groups in total. The lowest BCUT2D eigenvalue weighted by Crippen LogP contribution is -2.31. The summed E-state index contributed by atoms with van der Waals surface area (Å²) >= 11 is 3.44. The molecular formula is C14H19BrN2. The quantitative estimate of drug-likeness (QED) is 0.893. The third kappa shape index (κ3) is 3.74. The Morgan fingerprint density at radius 3 is 2.24 bits per heavy atom.